The van der Waals surface area contributed by atoms with E-state index in [-0.39, 0.29) is 44.8 Å². The Morgan fingerprint density at radius 2 is 1.21 bits per heavy atom. The number of ether oxygens (including phenoxy) is 4. The summed E-state index contributed by atoms with van der Waals surface area (Å²) in [4.78, 5) is 24.0. The Balaban J connectivity index is 1.68. The fourth-order valence-electron chi connectivity index (χ4n) is 2.61. The van der Waals surface area contributed by atoms with E-state index in [0.29, 0.717) is 12.8 Å². The normalized spacial score (nSPS) is 10.7. The van der Waals surface area contributed by atoms with Crippen LogP contribution in [0.4, 0.5) is 0 Å². The maximum atomic E-state index is 12.0. The van der Waals surface area contributed by atoms with Crippen molar-refractivity contribution >= 4 is 11.9 Å². The molecular weight excluding hydrogens is 372 g/mol. The topological polar surface area (TPSA) is 71.1 Å². The lowest BCUT2D eigenvalue weighted by Gasteiger charge is -2.17. The van der Waals surface area contributed by atoms with Crippen LogP contribution in [-0.2, 0) is 41.4 Å². The highest BCUT2D eigenvalue weighted by molar-refractivity contribution is 5.70. The summed E-state index contributed by atoms with van der Waals surface area (Å²) in [6.45, 7) is 0.0275. The minimum atomic E-state index is -0.573. The molecule has 0 radical (unpaired) electrons. The molecule has 29 heavy (non-hydrogen) atoms. The second-order valence-electron chi connectivity index (χ2n) is 6.53. The van der Waals surface area contributed by atoms with Crippen LogP contribution in [0.2, 0.25) is 0 Å². The fourth-order valence-corrected chi connectivity index (χ4v) is 2.61. The third kappa shape index (κ3) is 9.87. The van der Waals surface area contributed by atoms with E-state index in [1.54, 1.807) is 0 Å². The zero-order valence-corrected chi connectivity index (χ0v) is 16.8. The molecule has 156 valence electrons. The molecule has 2 rings (SSSR count). The van der Waals surface area contributed by atoms with Gasteiger partial charge in [0.15, 0.2) is 0 Å². The second kappa shape index (κ2) is 13.5. The molecule has 0 fully saturated rings. The van der Waals surface area contributed by atoms with Crippen molar-refractivity contribution < 1.29 is 28.5 Å². The molecule has 0 heterocycles. The van der Waals surface area contributed by atoms with Crippen molar-refractivity contribution in [2.45, 2.75) is 31.8 Å². The van der Waals surface area contributed by atoms with E-state index in [4.69, 9.17) is 18.9 Å². The van der Waals surface area contributed by atoms with E-state index < -0.39 is 6.10 Å². The van der Waals surface area contributed by atoms with E-state index >= 15 is 0 Å². The quantitative estimate of drug-likeness (QED) is 0.379. The lowest BCUT2D eigenvalue weighted by molar-refractivity contribution is -0.162. The van der Waals surface area contributed by atoms with Gasteiger partial charge in [-0.15, -0.1) is 0 Å². The number of rotatable bonds is 13. The van der Waals surface area contributed by atoms with Crippen LogP contribution >= 0.6 is 0 Å². The predicted octanol–water partition coefficient (Wildman–Crippen LogP) is 3.33. The molecule has 0 atom stereocenters. The lowest BCUT2D eigenvalue weighted by Crippen LogP contribution is -2.29. The molecule has 2 aromatic rings. The van der Waals surface area contributed by atoms with Crippen LogP contribution in [0.3, 0.4) is 0 Å². The van der Waals surface area contributed by atoms with Gasteiger partial charge in [0.2, 0.25) is 0 Å². The number of methoxy groups -OCH3 is 1. The summed E-state index contributed by atoms with van der Waals surface area (Å²) < 4.78 is 20.9. The van der Waals surface area contributed by atoms with Crippen LogP contribution in [0.25, 0.3) is 0 Å². The van der Waals surface area contributed by atoms with Gasteiger partial charge in [0.1, 0.15) is 26.1 Å². The van der Waals surface area contributed by atoms with Gasteiger partial charge in [-0.25, -0.2) is 0 Å². The molecule has 2 aromatic carbocycles. The predicted molar refractivity (Wildman–Crippen MR) is 108 cm³/mol. The Bertz CT molecular complexity index is 657. The van der Waals surface area contributed by atoms with Crippen molar-refractivity contribution in [3.8, 4) is 0 Å². The molecule has 0 aliphatic rings. The maximum Gasteiger partial charge on any atom is 0.306 e. The molecule has 0 aliphatic carbocycles. The first-order valence-corrected chi connectivity index (χ1v) is 9.67. The van der Waals surface area contributed by atoms with Crippen molar-refractivity contribution in [3.05, 3.63) is 71.8 Å². The summed E-state index contributed by atoms with van der Waals surface area (Å²) in [6, 6.07) is 19.5. The average Bonchev–Trinajstić information content (AvgIpc) is 2.77. The van der Waals surface area contributed by atoms with Crippen LogP contribution in [-0.4, -0.2) is 45.2 Å². The Morgan fingerprint density at radius 1 is 0.759 bits per heavy atom. The van der Waals surface area contributed by atoms with E-state index in [2.05, 4.69) is 0 Å². The van der Waals surface area contributed by atoms with Gasteiger partial charge >= 0.3 is 11.9 Å². The van der Waals surface area contributed by atoms with E-state index in [1.165, 1.54) is 7.11 Å². The number of hydrogen-bond donors (Lipinski definition) is 0. The Hall–Kier alpha value is -2.70. The largest absolute Gasteiger partial charge is 0.463 e. The van der Waals surface area contributed by atoms with Crippen molar-refractivity contribution in [3.63, 3.8) is 0 Å². The van der Waals surface area contributed by atoms with E-state index in [1.807, 2.05) is 60.7 Å². The van der Waals surface area contributed by atoms with Crippen LogP contribution in [0.15, 0.2) is 60.7 Å². The van der Waals surface area contributed by atoms with Crippen LogP contribution in [0.1, 0.15) is 24.0 Å². The highest BCUT2D eigenvalue weighted by Crippen LogP contribution is 2.06. The fraction of sp³-hybridized carbons (Fsp3) is 0.391. The van der Waals surface area contributed by atoms with Crippen LogP contribution in [0, 0.1) is 0 Å². The van der Waals surface area contributed by atoms with Gasteiger partial charge in [-0.05, 0) is 24.0 Å². The highest BCUT2D eigenvalue weighted by Gasteiger charge is 2.16. The lowest BCUT2D eigenvalue weighted by atomic mass is 10.1. The standard InChI is InChI=1S/C23H28O6/c1-26-18-29-21(16-27-22(24)14-12-19-8-4-2-5-9-19)17-28-23(25)15-13-20-10-6-3-7-11-20/h2-11,21H,12-18H2,1H3. The Labute approximate surface area is 171 Å². The number of hydrogen-bond acceptors (Lipinski definition) is 6. The Morgan fingerprint density at radius 3 is 1.62 bits per heavy atom. The van der Waals surface area contributed by atoms with Crippen molar-refractivity contribution in [2.24, 2.45) is 0 Å². The van der Waals surface area contributed by atoms with E-state index in [0.717, 1.165) is 11.1 Å². The van der Waals surface area contributed by atoms with Gasteiger partial charge in [0.05, 0.1) is 0 Å². The molecule has 0 spiro atoms. The SMILES string of the molecule is COCOC(COC(=O)CCc1ccccc1)COC(=O)CCc1ccccc1. The summed E-state index contributed by atoms with van der Waals surface area (Å²) in [5.74, 6) is -0.648. The Kier molecular flexibility index (Phi) is 10.5. The molecule has 0 aromatic heterocycles. The first kappa shape index (κ1) is 22.6. The average molecular weight is 400 g/mol. The first-order valence-electron chi connectivity index (χ1n) is 9.67. The minimum absolute atomic E-state index is 0.00292. The summed E-state index contributed by atoms with van der Waals surface area (Å²) in [7, 11) is 1.49. The second-order valence-corrected chi connectivity index (χ2v) is 6.53. The number of carbonyl (C=O) groups excluding carboxylic acids is 2. The van der Waals surface area contributed by atoms with Crippen molar-refractivity contribution in [1.29, 1.82) is 0 Å². The molecular formula is C23H28O6. The first-order chi connectivity index (χ1) is 14.2. The zero-order valence-electron chi connectivity index (χ0n) is 16.8. The van der Waals surface area contributed by atoms with Gasteiger partial charge in [-0.3, -0.25) is 9.59 Å². The van der Waals surface area contributed by atoms with Gasteiger partial charge in [0, 0.05) is 20.0 Å². The smallest absolute Gasteiger partial charge is 0.306 e. The molecule has 0 saturated carbocycles. The van der Waals surface area contributed by atoms with Gasteiger partial charge in [0.25, 0.3) is 0 Å². The number of benzene rings is 2. The zero-order chi connectivity index (χ0) is 20.7. The molecule has 0 saturated heterocycles. The molecule has 0 amide bonds. The van der Waals surface area contributed by atoms with Gasteiger partial charge in [-0.1, -0.05) is 60.7 Å². The summed E-state index contributed by atoms with van der Waals surface area (Å²) in [5, 5.41) is 0. The highest BCUT2D eigenvalue weighted by atomic mass is 16.7. The number of carbonyl (C=O) groups is 2. The third-order valence-electron chi connectivity index (χ3n) is 4.20. The third-order valence-corrected chi connectivity index (χ3v) is 4.20. The van der Waals surface area contributed by atoms with Crippen LogP contribution in [0.5, 0.6) is 0 Å². The number of esters is 2. The molecule has 0 unspecified atom stereocenters. The molecule has 0 bridgehead atoms. The summed E-state index contributed by atoms with van der Waals surface area (Å²) in [6.07, 6.45) is 1.20. The monoisotopic (exact) mass is 400 g/mol. The van der Waals surface area contributed by atoms with Crippen molar-refractivity contribution in [2.75, 3.05) is 27.1 Å². The number of aryl methyl sites for hydroxylation is 2. The summed E-state index contributed by atoms with van der Waals surface area (Å²) >= 11 is 0. The van der Waals surface area contributed by atoms with E-state index in [9.17, 15) is 9.59 Å². The van der Waals surface area contributed by atoms with Crippen molar-refractivity contribution in [1.82, 2.24) is 0 Å². The molecule has 0 N–H and O–H groups in total. The molecule has 0 aliphatic heterocycles. The van der Waals surface area contributed by atoms with Gasteiger partial charge < -0.3 is 18.9 Å². The minimum Gasteiger partial charge on any atom is -0.463 e. The maximum absolute atomic E-state index is 12.0. The van der Waals surface area contributed by atoms with Gasteiger partial charge in [-0.2, -0.15) is 0 Å². The summed E-state index contributed by atoms with van der Waals surface area (Å²) in [5.41, 5.74) is 2.15. The molecule has 6 heteroatoms. The molecule has 6 nitrogen and oxygen atoms in total. The van der Waals surface area contributed by atoms with Crippen LogP contribution < -0.4 is 0 Å².